The number of esters is 1. The first-order valence-electron chi connectivity index (χ1n) is 10.9. The van der Waals surface area contributed by atoms with Gasteiger partial charge in [-0.15, -0.1) is 0 Å². The van der Waals surface area contributed by atoms with E-state index in [0.717, 1.165) is 28.1 Å². The van der Waals surface area contributed by atoms with Gasteiger partial charge in [0, 0.05) is 24.6 Å². The minimum Gasteiger partial charge on any atom is -0.449 e. The molecule has 3 aromatic rings. The van der Waals surface area contributed by atoms with Gasteiger partial charge in [0.05, 0.1) is 23.2 Å². The van der Waals surface area contributed by atoms with Crippen LogP contribution in [0.1, 0.15) is 49.1 Å². The molecule has 0 unspecified atom stereocenters. The number of benzene rings is 2. The molecule has 170 valence electrons. The van der Waals surface area contributed by atoms with Crippen molar-refractivity contribution in [2.24, 2.45) is 0 Å². The van der Waals surface area contributed by atoms with Crippen LogP contribution >= 0.6 is 0 Å². The molecule has 0 saturated carbocycles. The monoisotopic (exact) mass is 455 g/mol. The van der Waals surface area contributed by atoms with E-state index >= 15 is 0 Å². The molecule has 0 saturated heterocycles. The number of nitrogens with zero attached hydrogens (tertiary/aromatic N) is 3. The molecule has 0 bridgehead atoms. The lowest BCUT2D eigenvalue weighted by molar-refractivity contribution is -0.126. The van der Waals surface area contributed by atoms with Crippen LogP contribution in [0.15, 0.2) is 67.0 Å². The van der Waals surface area contributed by atoms with Gasteiger partial charge in [-0.3, -0.25) is 24.3 Å². The summed E-state index contributed by atoms with van der Waals surface area (Å²) in [5.74, 6) is -1.95. The largest absolute Gasteiger partial charge is 0.449 e. The standard InChI is InChI=1S/C26H21N3O5/c1-16(23(30)28-13-10-18-4-2-3-5-22(18)28)34-26(33)19-6-7-20-21(14-19)25(32)29(24(20)31)15-17-8-11-27-12-9-17/h2-9,11-12,14,16H,10,13,15H2,1H3/t16-/m1/s1. The summed E-state index contributed by atoms with van der Waals surface area (Å²) in [7, 11) is 0. The molecule has 8 heteroatoms. The Morgan fingerprint density at radius 2 is 1.74 bits per heavy atom. The Hall–Kier alpha value is -4.33. The second kappa shape index (κ2) is 8.55. The summed E-state index contributed by atoms with van der Waals surface area (Å²) >= 11 is 0. The molecule has 0 spiro atoms. The number of amides is 3. The quantitative estimate of drug-likeness (QED) is 0.433. The minimum absolute atomic E-state index is 0.104. The van der Waals surface area contributed by atoms with Crippen molar-refractivity contribution in [1.82, 2.24) is 9.88 Å². The number of carbonyl (C=O) groups is 4. The molecule has 34 heavy (non-hydrogen) atoms. The Balaban J connectivity index is 1.30. The molecule has 2 aromatic carbocycles. The van der Waals surface area contributed by atoms with Crippen molar-refractivity contribution < 1.29 is 23.9 Å². The summed E-state index contributed by atoms with van der Waals surface area (Å²) in [6.07, 6.45) is 2.92. The highest BCUT2D eigenvalue weighted by atomic mass is 16.5. The average Bonchev–Trinajstić information content (AvgIpc) is 3.39. The van der Waals surface area contributed by atoms with E-state index < -0.39 is 23.9 Å². The van der Waals surface area contributed by atoms with Crippen molar-refractivity contribution in [3.8, 4) is 0 Å². The van der Waals surface area contributed by atoms with E-state index in [2.05, 4.69) is 4.98 Å². The van der Waals surface area contributed by atoms with Gasteiger partial charge in [0.25, 0.3) is 17.7 Å². The van der Waals surface area contributed by atoms with E-state index in [1.807, 2.05) is 24.3 Å². The van der Waals surface area contributed by atoms with Gasteiger partial charge in [0.2, 0.25) is 0 Å². The van der Waals surface area contributed by atoms with Crippen LogP contribution in [0.5, 0.6) is 0 Å². The molecular formula is C26H21N3O5. The Bertz CT molecular complexity index is 1320. The molecule has 8 nitrogen and oxygen atoms in total. The van der Waals surface area contributed by atoms with E-state index in [0.29, 0.717) is 6.54 Å². The fraction of sp³-hybridized carbons (Fsp3) is 0.192. The molecule has 5 rings (SSSR count). The Morgan fingerprint density at radius 3 is 2.53 bits per heavy atom. The van der Waals surface area contributed by atoms with Gasteiger partial charge in [-0.2, -0.15) is 0 Å². The lowest BCUT2D eigenvalue weighted by Gasteiger charge is -2.21. The zero-order valence-electron chi connectivity index (χ0n) is 18.4. The molecule has 1 atom stereocenters. The van der Waals surface area contributed by atoms with Gasteiger partial charge in [-0.1, -0.05) is 18.2 Å². The smallest absolute Gasteiger partial charge is 0.338 e. The van der Waals surface area contributed by atoms with Crippen molar-refractivity contribution in [1.29, 1.82) is 0 Å². The number of para-hydroxylation sites is 1. The second-order valence-electron chi connectivity index (χ2n) is 8.23. The summed E-state index contributed by atoms with van der Waals surface area (Å²) < 4.78 is 5.42. The van der Waals surface area contributed by atoms with Gasteiger partial charge in [0.1, 0.15) is 0 Å². The first kappa shape index (κ1) is 21.5. The molecule has 0 fully saturated rings. The van der Waals surface area contributed by atoms with Crippen LogP contribution in [0.2, 0.25) is 0 Å². The van der Waals surface area contributed by atoms with Gasteiger partial charge in [0.15, 0.2) is 6.10 Å². The minimum atomic E-state index is -1.01. The highest BCUT2D eigenvalue weighted by Gasteiger charge is 2.36. The Kier molecular flexibility index (Phi) is 5.41. The third-order valence-corrected chi connectivity index (χ3v) is 6.08. The number of rotatable bonds is 5. The first-order valence-corrected chi connectivity index (χ1v) is 10.9. The maximum atomic E-state index is 12.9. The van der Waals surface area contributed by atoms with Crippen LogP contribution in [0.4, 0.5) is 5.69 Å². The second-order valence-corrected chi connectivity index (χ2v) is 8.23. The van der Waals surface area contributed by atoms with Gasteiger partial charge >= 0.3 is 5.97 Å². The fourth-order valence-corrected chi connectivity index (χ4v) is 4.30. The lowest BCUT2D eigenvalue weighted by atomic mass is 10.1. The van der Waals surface area contributed by atoms with E-state index in [9.17, 15) is 19.2 Å². The predicted octanol–water partition coefficient (Wildman–Crippen LogP) is 3.01. The van der Waals surface area contributed by atoms with Crippen LogP contribution in [0.3, 0.4) is 0 Å². The number of ether oxygens (including phenoxy) is 1. The number of fused-ring (bicyclic) bond motifs is 2. The zero-order valence-corrected chi connectivity index (χ0v) is 18.4. The van der Waals surface area contributed by atoms with E-state index in [1.165, 1.54) is 25.1 Å². The van der Waals surface area contributed by atoms with E-state index in [4.69, 9.17) is 4.74 Å². The summed E-state index contributed by atoms with van der Waals surface area (Å²) in [6.45, 7) is 2.17. The molecule has 0 aliphatic carbocycles. The van der Waals surface area contributed by atoms with Crippen molar-refractivity contribution >= 4 is 29.4 Å². The molecule has 0 radical (unpaired) electrons. The summed E-state index contributed by atoms with van der Waals surface area (Å²) in [6, 6.07) is 15.3. The zero-order chi connectivity index (χ0) is 23.8. The van der Waals surface area contributed by atoms with E-state index in [1.54, 1.807) is 29.4 Å². The number of carbonyl (C=O) groups excluding carboxylic acids is 4. The van der Waals surface area contributed by atoms with Gasteiger partial charge in [-0.25, -0.2) is 4.79 Å². The summed E-state index contributed by atoms with van der Waals surface area (Å²) in [5.41, 5.74) is 3.14. The molecule has 3 amide bonds. The summed E-state index contributed by atoms with van der Waals surface area (Å²) in [5, 5.41) is 0. The normalized spacial score (nSPS) is 15.2. The van der Waals surface area contributed by atoms with Crippen LogP contribution in [0, 0.1) is 0 Å². The number of pyridine rings is 1. The molecular weight excluding hydrogens is 434 g/mol. The summed E-state index contributed by atoms with van der Waals surface area (Å²) in [4.78, 5) is 58.0. The number of imide groups is 1. The molecule has 0 N–H and O–H groups in total. The van der Waals surface area contributed by atoms with E-state index in [-0.39, 0.29) is 29.1 Å². The number of aromatic nitrogens is 1. The van der Waals surface area contributed by atoms with Crippen molar-refractivity contribution in [2.75, 3.05) is 11.4 Å². The van der Waals surface area contributed by atoms with Crippen molar-refractivity contribution in [3.63, 3.8) is 0 Å². The lowest BCUT2D eigenvalue weighted by Crippen LogP contribution is -2.39. The number of anilines is 1. The van der Waals surface area contributed by atoms with Crippen LogP contribution in [-0.4, -0.2) is 46.2 Å². The fourth-order valence-electron chi connectivity index (χ4n) is 4.30. The average molecular weight is 455 g/mol. The van der Waals surface area contributed by atoms with Gasteiger partial charge in [-0.05, 0) is 60.9 Å². The van der Waals surface area contributed by atoms with Crippen LogP contribution in [0.25, 0.3) is 0 Å². The SMILES string of the molecule is C[C@@H](OC(=O)c1ccc2c(c1)C(=O)N(Cc1ccncc1)C2=O)C(=O)N1CCc2ccccc21. The molecule has 2 aliphatic rings. The first-order chi connectivity index (χ1) is 16.4. The van der Waals surface area contributed by atoms with Gasteiger partial charge < -0.3 is 9.64 Å². The topological polar surface area (TPSA) is 96.9 Å². The van der Waals surface area contributed by atoms with Crippen molar-refractivity contribution in [3.05, 3.63) is 94.8 Å². The third-order valence-electron chi connectivity index (χ3n) is 6.08. The maximum Gasteiger partial charge on any atom is 0.338 e. The Morgan fingerprint density at radius 1 is 1.00 bits per heavy atom. The van der Waals surface area contributed by atoms with Crippen molar-refractivity contribution in [2.45, 2.75) is 26.0 Å². The van der Waals surface area contributed by atoms with Crippen LogP contribution < -0.4 is 4.90 Å². The Labute approximate surface area is 195 Å². The molecule has 3 heterocycles. The third kappa shape index (κ3) is 3.73. The highest BCUT2D eigenvalue weighted by Crippen LogP contribution is 2.29. The number of hydrogen-bond acceptors (Lipinski definition) is 6. The molecule has 1 aromatic heterocycles. The number of hydrogen-bond donors (Lipinski definition) is 0. The molecule has 2 aliphatic heterocycles. The maximum absolute atomic E-state index is 12.9. The highest BCUT2D eigenvalue weighted by molar-refractivity contribution is 6.21. The predicted molar refractivity (Wildman–Crippen MR) is 122 cm³/mol. The van der Waals surface area contributed by atoms with Crippen LogP contribution in [-0.2, 0) is 22.5 Å².